The average Bonchev–Trinajstić information content (AvgIpc) is 3.45. The van der Waals surface area contributed by atoms with Gasteiger partial charge in [0.15, 0.2) is 0 Å². The molecule has 1 aromatic heterocycles. The van der Waals surface area contributed by atoms with Gasteiger partial charge in [-0.3, -0.25) is 14.5 Å². The minimum Gasteiger partial charge on any atom is -0.396 e. The van der Waals surface area contributed by atoms with Crippen molar-refractivity contribution in [3.63, 3.8) is 0 Å². The number of aliphatic hydroxyl groups excluding tert-OH is 1. The Morgan fingerprint density at radius 1 is 1.02 bits per heavy atom. The van der Waals surface area contributed by atoms with Crippen LogP contribution in [0.15, 0.2) is 78.9 Å². The Morgan fingerprint density at radius 2 is 1.69 bits per heavy atom. The van der Waals surface area contributed by atoms with Crippen molar-refractivity contribution in [2.24, 2.45) is 0 Å². The largest absolute Gasteiger partial charge is 0.416 e. The van der Waals surface area contributed by atoms with Gasteiger partial charge in [-0.25, -0.2) is 18.0 Å². The maximum atomic E-state index is 14.5. The lowest BCUT2D eigenvalue weighted by Gasteiger charge is -2.39. The van der Waals surface area contributed by atoms with Crippen LogP contribution in [0.1, 0.15) is 78.8 Å². The molecule has 2 amide bonds. The molecule has 0 radical (unpaired) electrons. The standard InChI is InChI=1S/C35H37F4N5O4S/c1-5-43-32-28(29(41-44(32)25-12-7-6-8-13-25)26(18-19-45)42-49(48)34(2,3)4)27(21-14-16-24(36)17-15-21)30(33(43)47)40-31(46)22-10-9-11-23(20-22)35(37,38)39/h6-17,20,26-27,30,42,45H,5,18-19H2,1-4H3,(H,40,46)/t26-,27?,30?,49+/m1/s1. The van der Waals surface area contributed by atoms with Crippen LogP contribution < -0.4 is 14.9 Å². The number of nitrogens with zero attached hydrogens (tertiary/aromatic N) is 3. The molecule has 0 fully saturated rings. The summed E-state index contributed by atoms with van der Waals surface area (Å²) in [5, 5.41) is 17.8. The van der Waals surface area contributed by atoms with Crippen molar-refractivity contribution in [1.29, 1.82) is 0 Å². The normalized spacial score (nSPS) is 17.8. The first-order chi connectivity index (χ1) is 23.1. The highest BCUT2D eigenvalue weighted by Crippen LogP contribution is 2.46. The van der Waals surface area contributed by atoms with E-state index in [1.54, 1.807) is 56.6 Å². The second-order valence-corrected chi connectivity index (χ2v) is 14.6. The molecule has 5 rings (SSSR count). The fourth-order valence-corrected chi connectivity index (χ4v) is 6.65. The lowest BCUT2D eigenvalue weighted by molar-refractivity contribution is -0.137. The number of rotatable bonds is 10. The number of halogens is 4. The van der Waals surface area contributed by atoms with E-state index < -0.39 is 63.1 Å². The number of fused-ring (bicyclic) bond motifs is 1. The Labute approximate surface area is 283 Å². The molecule has 0 saturated heterocycles. The molecule has 1 aliphatic rings. The Morgan fingerprint density at radius 3 is 2.29 bits per heavy atom. The van der Waals surface area contributed by atoms with E-state index >= 15 is 0 Å². The molecule has 2 heterocycles. The summed E-state index contributed by atoms with van der Waals surface area (Å²) in [4.78, 5) is 29.6. The third kappa shape index (κ3) is 7.46. The molecule has 4 atom stereocenters. The number of anilines is 1. The maximum absolute atomic E-state index is 14.5. The van der Waals surface area contributed by atoms with Crippen LogP contribution >= 0.6 is 0 Å². The molecular weight excluding hydrogens is 662 g/mol. The molecule has 3 aromatic carbocycles. The van der Waals surface area contributed by atoms with Crippen LogP contribution in [0.4, 0.5) is 23.4 Å². The van der Waals surface area contributed by atoms with Gasteiger partial charge in [-0.15, -0.1) is 0 Å². The number of alkyl halides is 3. The summed E-state index contributed by atoms with van der Waals surface area (Å²) < 4.78 is 72.3. The lowest BCUT2D eigenvalue weighted by Crippen LogP contribution is -2.55. The molecule has 0 bridgehead atoms. The van der Waals surface area contributed by atoms with Crippen LogP contribution in [0.2, 0.25) is 0 Å². The van der Waals surface area contributed by atoms with Gasteiger partial charge in [-0.05, 0) is 82.1 Å². The van der Waals surface area contributed by atoms with Gasteiger partial charge in [0.1, 0.15) is 17.7 Å². The molecule has 0 spiro atoms. The van der Waals surface area contributed by atoms with Crippen LogP contribution in [0.25, 0.3) is 5.69 Å². The van der Waals surface area contributed by atoms with Crippen molar-refractivity contribution < 1.29 is 36.5 Å². The van der Waals surface area contributed by atoms with Crippen molar-refractivity contribution in [2.45, 2.75) is 63.0 Å². The van der Waals surface area contributed by atoms with Gasteiger partial charge in [0, 0.05) is 30.2 Å². The summed E-state index contributed by atoms with van der Waals surface area (Å²) >= 11 is 0. The summed E-state index contributed by atoms with van der Waals surface area (Å²) in [6.07, 6.45) is -4.64. The topological polar surface area (TPSA) is 117 Å². The molecule has 3 N–H and O–H groups in total. The lowest BCUT2D eigenvalue weighted by atomic mass is 9.79. The Balaban J connectivity index is 1.76. The summed E-state index contributed by atoms with van der Waals surface area (Å²) in [6, 6.07) is 16.0. The van der Waals surface area contributed by atoms with E-state index in [1.807, 2.05) is 6.07 Å². The molecular formula is C35H37F4N5O4S. The summed E-state index contributed by atoms with van der Waals surface area (Å²) in [7, 11) is -1.64. The van der Waals surface area contributed by atoms with E-state index in [0.717, 1.165) is 12.1 Å². The van der Waals surface area contributed by atoms with Gasteiger partial charge < -0.3 is 10.4 Å². The Hall–Kier alpha value is -4.40. The number of carbonyl (C=O) groups excluding carboxylic acids is 2. The molecule has 2 unspecified atom stereocenters. The van der Waals surface area contributed by atoms with Crippen LogP contribution in [0, 0.1) is 5.82 Å². The third-order valence-electron chi connectivity index (χ3n) is 8.20. The van der Waals surface area contributed by atoms with Gasteiger partial charge in [0.2, 0.25) is 0 Å². The minimum absolute atomic E-state index is 0.0670. The first kappa shape index (κ1) is 35.9. The zero-order valence-corrected chi connectivity index (χ0v) is 28.1. The average molecular weight is 700 g/mol. The fraction of sp³-hybridized carbons (Fsp3) is 0.343. The second kappa shape index (κ2) is 14.2. The zero-order valence-electron chi connectivity index (χ0n) is 27.3. The van der Waals surface area contributed by atoms with Gasteiger partial charge in [0.05, 0.1) is 38.7 Å². The highest BCUT2D eigenvalue weighted by Gasteiger charge is 2.47. The highest BCUT2D eigenvalue weighted by atomic mass is 32.2. The molecule has 1 aliphatic heterocycles. The SMILES string of the molecule is CCN1C(=O)C(NC(=O)c2cccc(C(F)(F)F)c2)C(c2ccc(F)cc2)c2c([C@@H](CCO)N[S@@](=O)C(C)(C)C)nn(-c3ccccc3)c21. The number of hydrogen-bond donors (Lipinski definition) is 3. The Bertz CT molecular complexity index is 1840. The number of para-hydroxylation sites is 1. The van der Waals surface area contributed by atoms with E-state index in [1.165, 1.54) is 35.2 Å². The smallest absolute Gasteiger partial charge is 0.396 e. The summed E-state index contributed by atoms with van der Waals surface area (Å²) in [5.41, 5.74) is 0.413. The molecule has 260 valence electrons. The van der Waals surface area contributed by atoms with Crippen molar-refractivity contribution >= 4 is 28.6 Å². The Kier molecular flexibility index (Phi) is 10.4. The quantitative estimate of drug-likeness (QED) is 0.181. The molecule has 4 aromatic rings. The predicted octanol–water partition coefficient (Wildman–Crippen LogP) is 5.80. The van der Waals surface area contributed by atoms with Gasteiger partial charge >= 0.3 is 6.18 Å². The monoisotopic (exact) mass is 699 g/mol. The van der Waals surface area contributed by atoms with Crippen molar-refractivity contribution in [2.75, 3.05) is 18.1 Å². The van der Waals surface area contributed by atoms with Crippen LogP contribution in [-0.2, 0) is 22.0 Å². The second-order valence-electron chi connectivity index (χ2n) is 12.6. The fourth-order valence-electron chi connectivity index (χ4n) is 5.81. The number of nitrogens with one attached hydrogen (secondary N) is 2. The molecule has 14 heteroatoms. The first-order valence-electron chi connectivity index (χ1n) is 15.7. The molecule has 49 heavy (non-hydrogen) atoms. The van der Waals surface area contributed by atoms with Crippen molar-refractivity contribution in [3.8, 4) is 5.69 Å². The van der Waals surface area contributed by atoms with E-state index in [9.17, 15) is 36.5 Å². The van der Waals surface area contributed by atoms with E-state index in [2.05, 4.69) is 10.0 Å². The number of benzene rings is 3. The maximum Gasteiger partial charge on any atom is 0.416 e. The molecule has 0 saturated carbocycles. The van der Waals surface area contributed by atoms with Crippen LogP contribution in [0.3, 0.4) is 0 Å². The van der Waals surface area contributed by atoms with Crippen molar-refractivity contribution in [1.82, 2.24) is 19.8 Å². The number of aromatic nitrogens is 2. The number of hydrogen-bond acceptors (Lipinski definition) is 5. The predicted molar refractivity (Wildman–Crippen MR) is 178 cm³/mol. The van der Waals surface area contributed by atoms with Gasteiger partial charge in [-0.2, -0.15) is 18.3 Å². The van der Waals surface area contributed by atoms with E-state index in [0.29, 0.717) is 34.4 Å². The van der Waals surface area contributed by atoms with Gasteiger partial charge in [0.25, 0.3) is 11.8 Å². The number of carbonyl (C=O) groups is 2. The zero-order chi connectivity index (χ0) is 35.7. The first-order valence-corrected chi connectivity index (χ1v) is 16.8. The number of amides is 2. The molecule has 0 aliphatic carbocycles. The highest BCUT2D eigenvalue weighted by molar-refractivity contribution is 7.84. The van der Waals surface area contributed by atoms with Gasteiger partial charge in [-0.1, -0.05) is 36.4 Å². The summed E-state index contributed by atoms with van der Waals surface area (Å²) in [6.45, 7) is 6.86. The van der Waals surface area contributed by atoms with Crippen molar-refractivity contribution in [3.05, 3.63) is 113 Å². The number of aliphatic hydroxyl groups is 1. The summed E-state index contributed by atoms with van der Waals surface area (Å²) in [5.74, 6) is -2.73. The molecule has 9 nitrogen and oxygen atoms in total. The van der Waals surface area contributed by atoms with Crippen LogP contribution in [0.5, 0.6) is 0 Å². The number of likely N-dealkylation sites (N-methyl/N-ethyl adjacent to an activating group) is 1. The minimum atomic E-state index is -4.70. The van der Waals surface area contributed by atoms with E-state index in [4.69, 9.17) is 5.10 Å². The van der Waals surface area contributed by atoms with Crippen LogP contribution in [-0.4, -0.2) is 54.9 Å². The third-order valence-corrected chi connectivity index (χ3v) is 9.81. The van der Waals surface area contributed by atoms with E-state index in [-0.39, 0.29) is 25.1 Å².